The van der Waals surface area contributed by atoms with Crippen LogP contribution in [-0.2, 0) is 14.6 Å². The van der Waals surface area contributed by atoms with Gasteiger partial charge in [-0.05, 0) is 12.1 Å². The fourth-order valence-electron chi connectivity index (χ4n) is 2.27. The molecule has 1 unspecified atom stereocenters. The first-order valence-corrected chi connectivity index (χ1v) is 8.55. The number of aromatic nitrogens is 1. The quantitative estimate of drug-likeness (QED) is 0.804. The van der Waals surface area contributed by atoms with Crippen LogP contribution in [-0.4, -0.2) is 57.5 Å². The van der Waals surface area contributed by atoms with Gasteiger partial charge < -0.3 is 15.5 Å². The Morgan fingerprint density at radius 1 is 1.52 bits per heavy atom. The van der Waals surface area contributed by atoms with E-state index in [1.54, 1.807) is 23.2 Å². The van der Waals surface area contributed by atoms with Crippen molar-refractivity contribution >= 4 is 27.2 Å². The molecule has 1 aliphatic heterocycles. The molecule has 116 valence electrons. The molecule has 0 bridgehead atoms. The molecule has 1 aromatic heterocycles. The van der Waals surface area contributed by atoms with Crippen LogP contribution in [0.2, 0.25) is 0 Å². The number of carbonyl (C=O) groups is 1. The van der Waals surface area contributed by atoms with E-state index >= 15 is 0 Å². The number of anilines is 2. The van der Waals surface area contributed by atoms with Gasteiger partial charge in [0.25, 0.3) is 0 Å². The highest BCUT2D eigenvalue weighted by Gasteiger charge is 2.26. The first-order valence-electron chi connectivity index (χ1n) is 6.73. The van der Waals surface area contributed by atoms with Crippen LogP contribution < -0.4 is 15.5 Å². The number of nitrogens with zero attached hydrogens (tertiary/aromatic N) is 2. The van der Waals surface area contributed by atoms with Crippen molar-refractivity contribution in [1.82, 2.24) is 10.3 Å². The average Bonchev–Trinajstić information content (AvgIpc) is 2.37. The maximum atomic E-state index is 12.1. The van der Waals surface area contributed by atoms with E-state index in [-0.39, 0.29) is 29.9 Å². The molecular weight excluding hydrogens is 292 g/mol. The molecule has 1 amide bonds. The highest BCUT2D eigenvalue weighted by atomic mass is 32.2. The summed E-state index contributed by atoms with van der Waals surface area (Å²) in [5.41, 5.74) is 0.617. The van der Waals surface area contributed by atoms with Crippen molar-refractivity contribution in [3.05, 3.63) is 18.3 Å². The van der Waals surface area contributed by atoms with Gasteiger partial charge in [0.1, 0.15) is 0 Å². The number of hydrogen-bond acceptors (Lipinski definition) is 6. The molecule has 0 aromatic carbocycles. The molecule has 2 heterocycles. The van der Waals surface area contributed by atoms with Gasteiger partial charge >= 0.3 is 0 Å². The SMILES string of the molecule is CN(C)c1ncccc1NC(=O)CC1CS(=O)(=O)CCN1. The van der Waals surface area contributed by atoms with Crippen LogP contribution in [0, 0.1) is 0 Å². The van der Waals surface area contributed by atoms with Crippen molar-refractivity contribution in [3.8, 4) is 0 Å². The Balaban J connectivity index is 1.99. The lowest BCUT2D eigenvalue weighted by atomic mass is 10.2. The van der Waals surface area contributed by atoms with E-state index in [1.807, 2.05) is 14.1 Å². The molecular formula is C13H20N4O3S. The third kappa shape index (κ3) is 4.40. The molecule has 1 fully saturated rings. The lowest BCUT2D eigenvalue weighted by Gasteiger charge is -2.23. The number of hydrogen-bond donors (Lipinski definition) is 2. The molecule has 1 aromatic rings. The van der Waals surface area contributed by atoms with Crippen LogP contribution >= 0.6 is 0 Å². The molecule has 2 rings (SSSR count). The summed E-state index contributed by atoms with van der Waals surface area (Å²) in [5, 5.41) is 5.85. The lowest BCUT2D eigenvalue weighted by molar-refractivity contribution is -0.116. The molecule has 8 heteroatoms. The minimum atomic E-state index is -3.04. The van der Waals surface area contributed by atoms with Crippen molar-refractivity contribution in [2.24, 2.45) is 0 Å². The fraction of sp³-hybridized carbons (Fsp3) is 0.538. The van der Waals surface area contributed by atoms with Gasteiger partial charge in [-0.2, -0.15) is 0 Å². The van der Waals surface area contributed by atoms with E-state index in [4.69, 9.17) is 0 Å². The van der Waals surface area contributed by atoms with Gasteiger partial charge in [0.15, 0.2) is 15.7 Å². The van der Waals surface area contributed by atoms with Gasteiger partial charge in [0.05, 0.1) is 17.2 Å². The van der Waals surface area contributed by atoms with E-state index in [0.29, 0.717) is 18.1 Å². The molecule has 0 aliphatic carbocycles. The summed E-state index contributed by atoms with van der Waals surface area (Å²) in [6.07, 6.45) is 1.78. The fourth-order valence-corrected chi connectivity index (χ4v) is 3.72. The van der Waals surface area contributed by atoms with Crippen molar-refractivity contribution in [2.45, 2.75) is 12.5 Å². The third-order valence-electron chi connectivity index (χ3n) is 3.22. The summed E-state index contributed by atoms with van der Waals surface area (Å²) < 4.78 is 23.1. The highest BCUT2D eigenvalue weighted by Crippen LogP contribution is 2.20. The number of carbonyl (C=O) groups excluding carboxylic acids is 1. The van der Waals surface area contributed by atoms with Gasteiger partial charge in [-0.1, -0.05) is 0 Å². The predicted octanol–water partition coefficient (Wildman–Crippen LogP) is -0.137. The molecule has 1 aliphatic rings. The first kappa shape index (κ1) is 15.7. The van der Waals surface area contributed by atoms with Crippen molar-refractivity contribution < 1.29 is 13.2 Å². The zero-order valence-electron chi connectivity index (χ0n) is 12.2. The Labute approximate surface area is 124 Å². The number of nitrogens with one attached hydrogen (secondary N) is 2. The molecule has 21 heavy (non-hydrogen) atoms. The third-order valence-corrected chi connectivity index (χ3v) is 4.95. The molecule has 7 nitrogen and oxygen atoms in total. The van der Waals surface area contributed by atoms with Crippen LogP contribution in [0.1, 0.15) is 6.42 Å². The highest BCUT2D eigenvalue weighted by molar-refractivity contribution is 7.91. The normalized spacial score (nSPS) is 20.8. The number of sulfone groups is 1. The standard InChI is InChI=1S/C13H20N4O3S/c1-17(2)13-11(4-3-5-15-13)16-12(18)8-10-9-21(19,20)7-6-14-10/h3-5,10,14H,6-9H2,1-2H3,(H,16,18). The zero-order chi connectivity index (χ0) is 15.5. The largest absolute Gasteiger partial charge is 0.361 e. The summed E-state index contributed by atoms with van der Waals surface area (Å²) in [5.74, 6) is 0.586. The second-order valence-corrected chi connectivity index (χ2v) is 7.52. The monoisotopic (exact) mass is 312 g/mol. The minimum Gasteiger partial charge on any atom is -0.361 e. The summed E-state index contributed by atoms with van der Waals surface area (Å²) in [4.78, 5) is 18.1. The number of pyridine rings is 1. The van der Waals surface area contributed by atoms with Gasteiger partial charge in [-0.25, -0.2) is 13.4 Å². The van der Waals surface area contributed by atoms with Gasteiger partial charge in [0.2, 0.25) is 5.91 Å². The molecule has 0 radical (unpaired) electrons. The summed E-state index contributed by atoms with van der Waals surface area (Å²) >= 11 is 0. The Morgan fingerprint density at radius 3 is 2.95 bits per heavy atom. The molecule has 2 N–H and O–H groups in total. The van der Waals surface area contributed by atoms with Crippen molar-refractivity contribution in [3.63, 3.8) is 0 Å². The predicted molar refractivity (Wildman–Crippen MR) is 82.3 cm³/mol. The van der Waals surface area contributed by atoms with E-state index in [0.717, 1.165) is 0 Å². The van der Waals surface area contributed by atoms with Crippen LogP contribution in [0.4, 0.5) is 11.5 Å². The maximum Gasteiger partial charge on any atom is 0.226 e. The maximum absolute atomic E-state index is 12.1. The second kappa shape index (κ2) is 6.40. The average molecular weight is 312 g/mol. The summed E-state index contributed by atoms with van der Waals surface area (Å²) in [7, 11) is 0.646. The Morgan fingerprint density at radius 2 is 2.29 bits per heavy atom. The van der Waals surface area contributed by atoms with E-state index in [9.17, 15) is 13.2 Å². The van der Waals surface area contributed by atoms with Gasteiger partial charge in [0, 0.05) is 39.3 Å². The molecule has 0 saturated carbocycles. The van der Waals surface area contributed by atoms with Crippen LogP contribution in [0.25, 0.3) is 0 Å². The number of rotatable bonds is 4. The Hall–Kier alpha value is -1.67. The van der Waals surface area contributed by atoms with Crippen molar-refractivity contribution in [2.75, 3.05) is 42.4 Å². The number of amides is 1. The van der Waals surface area contributed by atoms with Crippen LogP contribution in [0.5, 0.6) is 0 Å². The molecule has 1 atom stereocenters. The second-order valence-electron chi connectivity index (χ2n) is 5.29. The summed E-state index contributed by atoms with van der Waals surface area (Å²) in [6, 6.07) is 3.18. The Bertz CT molecular complexity index is 616. The van der Waals surface area contributed by atoms with Crippen molar-refractivity contribution in [1.29, 1.82) is 0 Å². The minimum absolute atomic E-state index is 0.00793. The Kier molecular flexibility index (Phi) is 4.79. The summed E-state index contributed by atoms with van der Waals surface area (Å²) in [6.45, 7) is 0.399. The topological polar surface area (TPSA) is 91.4 Å². The van der Waals surface area contributed by atoms with E-state index in [2.05, 4.69) is 15.6 Å². The molecule has 0 spiro atoms. The van der Waals surface area contributed by atoms with Crippen LogP contribution in [0.15, 0.2) is 18.3 Å². The lowest BCUT2D eigenvalue weighted by Crippen LogP contribution is -2.46. The van der Waals surface area contributed by atoms with Gasteiger partial charge in [-0.15, -0.1) is 0 Å². The van der Waals surface area contributed by atoms with E-state index in [1.165, 1.54) is 0 Å². The molecule has 1 saturated heterocycles. The van der Waals surface area contributed by atoms with E-state index < -0.39 is 9.84 Å². The smallest absolute Gasteiger partial charge is 0.226 e. The zero-order valence-corrected chi connectivity index (χ0v) is 13.0. The first-order chi connectivity index (χ1) is 9.87. The van der Waals surface area contributed by atoms with Gasteiger partial charge in [-0.3, -0.25) is 4.79 Å². The van der Waals surface area contributed by atoms with Crippen LogP contribution in [0.3, 0.4) is 0 Å².